The van der Waals surface area contributed by atoms with Crippen LogP contribution in [0.5, 0.6) is 5.75 Å². The van der Waals surface area contributed by atoms with Crippen LogP contribution in [0.4, 0.5) is 0 Å². The first kappa shape index (κ1) is 15.4. The third kappa shape index (κ3) is 3.35. The molecule has 1 aromatic rings. The Morgan fingerprint density at radius 3 is 2.67 bits per heavy atom. The van der Waals surface area contributed by atoms with Gasteiger partial charge in [0.2, 0.25) is 0 Å². The van der Waals surface area contributed by atoms with Crippen LogP contribution in [0.25, 0.3) is 0 Å². The van der Waals surface area contributed by atoms with Gasteiger partial charge in [-0.3, -0.25) is 4.79 Å². The third-order valence-corrected chi connectivity index (χ3v) is 3.90. The summed E-state index contributed by atoms with van der Waals surface area (Å²) in [7, 11) is 1.46. The highest BCUT2D eigenvalue weighted by atomic mass is 16.5. The molecule has 0 spiro atoms. The molecule has 0 bridgehead atoms. The molecule has 0 aliphatic carbocycles. The molecular weight excluding hydrogens is 270 g/mol. The zero-order chi connectivity index (χ0) is 15.4. The van der Waals surface area contributed by atoms with E-state index in [0.717, 1.165) is 32.2 Å². The Morgan fingerprint density at radius 1 is 1.33 bits per heavy atom. The van der Waals surface area contributed by atoms with Crippen molar-refractivity contribution in [2.45, 2.75) is 38.6 Å². The van der Waals surface area contributed by atoms with Crippen LogP contribution in [0.3, 0.4) is 0 Å². The number of carbonyl (C=O) groups excluding carboxylic acids is 1. The highest BCUT2D eigenvalue weighted by molar-refractivity contribution is 5.98. The predicted molar refractivity (Wildman–Crippen MR) is 78.9 cm³/mol. The summed E-state index contributed by atoms with van der Waals surface area (Å²) in [5, 5.41) is 9.13. The van der Waals surface area contributed by atoms with Crippen LogP contribution < -0.4 is 4.74 Å². The van der Waals surface area contributed by atoms with Gasteiger partial charge in [-0.2, -0.15) is 0 Å². The SMILES string of the molecule is CCCC1CCCN1C(=O)c1cc(OC)cc(C(=O)O)c1. The standard InChI is InChI=1S/C16H21NO4/c1-3-5-13-6-4-7-17(13)15(18)11-8-12(16(19)20)10-14(9-11)21-2/h8-10,13H,3-7H2,1-2H3,(H,19,20). The van der Waals surface area contributed by atoms with E-state index in [1.54, 1.807) is 6.07 Å². The number of benzene rings is 1. The second-order valence-corrected chi connectivity index (χ2v) is 5.34. The molecule has 1 unspecified atom stereocenters. The molecule has 1 N–H and O–H groups in total. The zero-order valence-corrected chi connectivity index (χ0v) is 12.5. The number of nitrogens with zero attached hydrogens (tertiary/aromatic N) is 1. The van der Waals surface area contributed by atoms with E-state index in [4.69, 9.17) is 9.84 Å². The van der Waals surface area contributed by atoms with Gasteiger partial charge in [0.1, 0.15) is 5.75 Å². The van der Waals surface area contributed by atoms with E-state index in [9.17, 15) is 9.59 Å². The molecule has 1 aliphatic rings. The first-order valence-corrected chi connectivity index (χ1v) is 7.30. The monoisotopic (exact) mass is 291 g/mol. The molecule has 1 aliphatic heterocycles. The van der Waals surface area contributed by atoms with Crippen molar-refractivity contribution in [2.75, 3.05) is 13.7 Å². The number of carboxylic acids is 1. The third-order valence-electron chi connectivity index (χ3n) is 3.90. The molecule has 2 rings (SSSR count). The van der Waals surface area contributed by atoms with Gasteiger partial charge in [0.05, 0.1) is 12.7 Å². The van der Waals surface area contributed by atoms with Gasteiger partial charge >= 0.3 is 5.97 Å². The van der Waals surface area contributed by atoms with E-state index in [2.05, 4.69) is 6.92 Å². The summed E-state index contributed by atoms with van der Waals surface area (Å²) < 4.78 is 5.10. The molecular formula is C16H21NO4. The van der Waals surface area contributed by atoms with Crippen LogP contribution in [-0.2, 0) is 0 Å². The van der Waals surface area contributed by atoms with Crippen LogP contribution >= 0.6 is 0 Å². The number of amides is 1. The molecule has 1 saturated heterocycles. The number of likely N-dealkylation sites (tertiary alicyclic amines) is 1. The van der Waals surface area contributed by atoms with Crippen molar-refractivity contribution in [1.82, 2.24) is 4.90 Å². The first-order chi connectivity index (χ1) is 10.1. The zero-order valence-electron chi connectivity index (χ0n) is 12.5. The minimum atomic E-state index is -1.06. The summed E-state index contributed by atoms with van der Waals surface area (Å²) >= 11 is 0. The number of hydrogen-bond acceptors (Lipinski definition) is 3. The maximum Gasteiger partial charge on any atom is 0.335 e. The van der Waals surface area contributed by atoms with Gasteiger partial charge in [0, 0.05) is 18.2 Å². The van der Waals surface area contributed by atoms with Gasteiger partial charge in [-0.25, -0.2) is 4.79 Å². The Labute approximate surface area is 124 Å². The van der Waals surface area contributed by atoms with Crippen molar-refractivity contribution in [2.24, 2.45) is 0 Å². The molecule has 21 heavy (non-hydrogen) atoms. The molecule has 1 amide bonds. The summed E-state index contributed by atoms with van der Waals surface area (Å²) in [5.41, 5.74) is 0.457. The van der Waals surface area contributed by atoms with Crippen molar-refractivity contribution in [3.63, 3.8) is 0 Å². The quantitative estimate of drug-likeness (QED) is 0.906. The number of ether oxygens (including phenoxy) is 1. The lowest BCUT2D eigenvalue weighted by atomic mass is 10.1. The maximum atomic E-state index is 12.7. The van der Waals surface area contributed by atoms with E-state index in [1.165, 1.54) is 19.2 Å². The average molecular weight is 291 g/mol. The number of carboxylic acid groups (broad SMARTS) is 1. The normalized spacial score (nSPS) is 17.8. The van der Waals surface area contributed by atoms with Crippen LogP contribution in [0.15, 0.2) is 18.2 Å². The highest BCUT2D eigenvalue weighted by Crippen LogP contribution is 2.25. The number of rotatable bonds is 5. The van der Waals surface area contributed by atoms with Gasteiger partial charge < -0.3 is 14.7 Å². The highest BCUT2D eigenvalue weighted by Gasteiger charge is 2.29. The van der Waals surface area contributed by atoms with E-state index < -0.39 is 5.97 Å². The molecule has 1 fully saturated rings. The van der Waals surface area contributed by atoms with Gasteiger partial charge in [-0.05, 0) is 37.5 Å². The lowest BCUT2D eigenvalue weighted by Crippen LogP contribution is -2.35. The minimum Gasteiger partial charge on any atom is -0.497 e. The average Bonchev–Trinajstić information content (AvgIpc) is 2.94. The molecule has 0 aromatic heterocycles. The van der Waals surface area contributed by atoms with E-state index >= 15 is 0 Å². The molecule has 1 atom stereocenters. The van der Waals surface area contributed by atoms with Crippen LogP contribution in [-0.4, -0.2) is 41.6 Å². The van der Waals surface area contributed by atoms with Crippen LogP contribution in [0.2, 0.25) is 0 Å². The van der Waals surface area contributed by atoms with Crippen molar-refractivity contribution in [3.8, 4) is 5.75 Å². The van der Waals surface area contributed by atoms with E-state index in [1.807, 2.05) is 4.90 Å². The summed E-state index contributed by atoms with van der Waals surface area (Å²) in [6, 6.07) is 4.72. The Morgan fingerprint density at radius 2 is 2.05 bits per heavy atom. The second kappa shape index (κ2) is 6.61. The molecule has 1 heterocycles. The summed E-state index contributed by atoms with van der Waals surface area (Å²) in [4.78, 5) is 25.7. The van der Waals surface area contributed by atoms with Crippen molar-refractivity contribution in [3.05, 3.63) is 29.3 Å². The van der Waals surface area contributed by atoms with Gasteiger partial charge in [-0.15, -0.1) is 0 Å². The Kier molecular flexibility index (Phi) is 4.83. The van der Waals surface area contributed by atoms with Crippen molar-refractivity contribution >= 4 is 11.9 Å². The lowest BCUT2D eigenvalue weighted by molar-refractivity contribution is 0.0696. The molecule has 0 radical (unpaired) electrons. The predicted octanol–water partition coefficient (Wildman–Crippen LogP) is 2.80. The lowest BCUT2D eigenvalue weighted by Gasteiger charge is -2.24. The van der Waals surface area contributed by atoms with Crippen molar-refractivity contribution < 1.29 is 19.4 Å². The van der Waals surface area contributed by atoms with Crippen LogP contribution in [0.1, 0.15) is 53.3 Å². The second-order valence-electron chi connectivity index (χ2n) is 5.34. The number of aromatic carboxylic acids is 1. The summed E-state index contributed by atoms with van der Waals surface area (Å²) in [5.74, 6) is -0.772. The van der Waals surface area contributed by atoms with Gasteiger partial charge in [-0.1, -0.05) is 13.3 Å². The molecule has 1 aromatic carbocycles. The smallest absolute Gasteiger partial charge is 0.335 e. The van der Waals surface area contributed by atoms with Gasteiger partial charge in [0.15, 0.2) is 0 Å². The molecule has 5 nitrogen and oxygen atoms in total. The van der Waals surface area contributed by atoms with E-state index in [0.29, 0.717) is 11.3 Å². The van der Waals surface area contributed by atoms with Gasteiger partial charge in [0.25, 0.3) is 5.91 Å². The molecule has 0 saturated carbocycles. The fourth-order valence-electron chi connectivity index (χ4n) is 2.87. The fourth-order valence-corrected chi connectivity index (χ4v) is 2.87. The first-order valence-electron chi connectivity index (χ1n) is 7.30. The Bertz CT molecular complexity index is 541. The van der Waals surface area contributed by atoms with Crippen LogP contribution in [0, 0.1) is 0 Å². The number of methoxy groups -OCH3 is 1. The minimum absolute atomic E-state index is 0.0731. The summed E-state index contributed by atoms with van der Waals surface area (Å²) in [6.07, 6.45) is 4.05. The van der Waals surface area contributed by atoms with E-state index in [-0.39, 0.29) is 17.5 Å². The topological polar surface area (TPSA) is 66.8 Å². The Balaban J connectivity index is 2.29. The van der Waals surface area contributed by atoms with Crippen molar-refractivity contribution in [1.29, 1.82) is 0 Å². The largest absolute Gasteiger partial charge is 0.497 e. The summed E-state index contributed by atoms with van der Waals surface area (Å²) in [6.45, 7) is 2.85. The fraction of sp³-hybridized carbons (Fsp3) is 0.500. The molecule has 5 heteroatoms. The number of carbonyl (C=O) groups is 2. The molecule has 114 valence electrons. The maximum absolute atomic E-state index is 12.7. The number of hydrogen-bond donors (Lipinski definition) is 1. The Hall–Kier alpha value is -2.04.